The molecule has 1 aromatic carbocycles. The summed E-state index contributed by atoms with van der Waals surface area (Å²) < 4.78 is 17.4. The van der Waals surface area contributed by atoms with Gasteiger partial charge in [0.05, 0.1) is 36.0 Å². The third-order valence-corrected chi connectivity index (χ3v) is 6.47. The summed E-state index contributed by atoms with van der Waals surface area (Å²) in [5, 5.41) is 19.4. The van der Waals surface area contributed by atoms with Crippen LogP contribution in [0, 0.1) is 11.3 Å². The van der Waals surface area contributed by atoms with Crippen LogP contribution in [-0.2, 0) is 4.74 Å². The number of carbonyl (C=O) groups is 1. The number of ether oxygens (including phenoxy) is 3. The van der Waals surface area contributed by atoms with E-state index in [9.17, 15) is 4.79 Å². The van der Waals surface area contributed by atoms with Gasteiger partial charge in [-0.05, 0) is 32.9 Å². The molecule has 3 heterocycles. The summed E-state index contributed by atoms with van der Waals surface area (Å²) in [6, 6.07) is 9.33. The van der Waals surface area contributed by atoms with Crippen LogP contribution in [0.2, 0.25) is 0 Å². The van der Waals surface area contributed by atoms with Gasteiger partial charge in [-0.25, -0.2) is 14.8 Å². The van der Waals surface area contributed by atoms with Crippen LogP contribution in [0.1, 0.15) is 26.5 Å². The summed E-state index contributed by atoms with van der Waals surface area (Å²) in [4.78, 5) is 22.4. The predicted octanol–water partition coefficient (Wildman–Crippen LogP) is 4.22. The molecular formula is C25H29N7O4S. The number of nitrogens with one attached hydrogen (secondary N) is 2. The zero-order chi connectivity index (χ0) is 26.4. The number of nitrogens with zero attached hydrogens (tertiary/aromatic N) is 5. The van der Waals surface area contributed by atoms with Crippen molar-refractivity contribution in [1.29, 1.82) is 5.26 Å². The molecule has 3 aromatic rings. The molecule has 1 saturated heterocycles. The molecule has 4 rings (SSSR count). The number of hydrogen-bond acceptors (Lipinski definition) is 10. The largest absolute Gasteiger partial charge is 0.496 e. The Morgan fingerprint density at radius 1 is 1.27 bits per heavy atom. The number of rotatable bonds is 7. The minimum absolute atomic E-state index is 0.0919. The number of hydrogen-bond donors (Lipinski definition) is 2. The van der Waals surface area contributed by atoms with Crippen molar-refractivity contribution in [2.45, 2.75) is 31.6 Å². The van der Waals surface area contributed by atoms with Crippen LogP contribution in [0.3, 0.4) is 0 Å². The standard InChI is InChI=1S/C25H29N7O4S/c1-25(2,3)36-24(33)32-8-9-37-17(14-32)15-35-20-7-5-6-19(34-4)23(20)18-10-21(31-30-18)29-22-13-27-16(11-26)12-28-22/h5-7,10,12-13,17H,8-9,14-15H2,1-4H3,(H2,28,29,30,31). The number of carbonyl (C=O) groups excluding carboxylic acids is 1. The second-order valence-corrected chi connectivity index (χ2v) is 10.7. The van der Waals surface area contributed by atoms with Crippen molar-refractivity contribution in [3.8, 4) is 28.8 Å². The topological polar surface area (TPSA) is 138 Å². The molecule has 1 unspecified atom stereocenters. The smallest absolute Gasteiger partial charge is 0.410 e. The first-order chi connectivity index (χ1) is 17.8. The van der Waals surface area contributed by atoms with E-state index < -0.39 is 5.60 Å². The molecule has 1 atom stereocenters. The third-order valence-electron chi connectivity index (χ3n) is 5.29. The van der Waals surface area contributed by atoms with E-state index >= 15 is 0 Å². The molecule has 12 heteroatoms. The van der Waals surface area contributed by atoms with E-state index in [-0.39, 0.29) is 17.0 Å². The van der Waals surface area contributed by atoms with E-state index in [0.29, 0.717) is 48.5 Å². The number of methoxy groups -OCH3 is 1. The Kier molecular flexibility index (Phi) is 8.03. The molecule has 37 heavy (non-hydrogen) atoms. The maximum absolute atomic E-state index is 12.5. The number of H-pyrrole nitrogens is 1. The van der Waals surface area contributed by atoms with Crippen LogP contribution < -0.4 is 14.8 Å². The van der Waals surface area contributed by atoms with Gasteiger partial charge >= 0.3 is 6.09 Å². The van der Waals surface area contributed by atoms with Crippen LogP contribution in [0.5, 0.6) is 11.5 Å². The lowest BCUT2D eigenvalue weighted by Gasteiger charge is -2.33. The van der Waals surface area contributed by atoms with E-state index in [1.54, 1.807) is 23.8 Å². The first kappa shape index (κ1) is 26.1. The van der Waals surface area contributed by atoms with Crippen molar-refractivity contribution >= 4 is 29.5 Å². The second kappa shape index (κ2) is 11.4. The van der Waals surface area contributed by atoms with Crippen molar-refractivity contribution in [3.63, 3.8) is 0 Å². The Labute approximate surface area is 219 Å². The maximum atomic E-state index is 12.5. The number of thioether (sulfide) groups is 1. The van der Waals surface area contributed by atoms with E-state index in [0.717, 1.165) is 11.3 Å². The Bertz CT molecular complexity index is 1270. The molecule has 2 N–H and O–H groups in total. The highest BCUT2D eigenvalue weighted by Gasteiger charge is 2.28. The Morgan fingerprint density at radius 2 is 2.08 bits per heavy atom. The summed E-state index contributed by atoms with van der Waals surface area (Å²) in [6.45, 7) is 7.19. The van der Waals surface area contributed by atoms with Gasteiger partial charge in [-0.2, -0.15) is 22.1 Å². The number of nitriles is 1. The van der Waals surface area contributed by atoms with Crippen molar-refractivity contribution < 1.29 is 19.0 Å². The molecule has 1 fully saturated rings. The number of aromatic nitrogens is 4. The number of benzene rings is 1. The zero-order valence-electron chi connectivity index (χ0n) is 21.1. The number of aromatic amines is 1. The molecule has 0 bridgehead atoms. The average Bonchev–Trinajstić information content (AvgIpc) is 3.34. The highest BCUT2D eigenvalue weighted by Crippen LogP contribution is 2.38. The van der Waals surface area contributed by atoms with Gasteiger partial charge in [-0.1, -0.05) is 6.07 Å². The molecule has 0 radical (unpaired) electrons. The van der Waals surface area contributed by atoms with Crippen molar-refractivity contribution in [1.82, 2.24) is 25.1 Å². The summed E-state index contributed by atoms with van der Waals surface area (Å²) >= 11 is 1.77. The lowest BCUT2D eigenvalue weighted by atomic mass is 10.1. The van der Waals surface area contributed by atoms with Crippen molar-refractivity contribution in [2.24, 2.45) is 0 Å². The van der Waals surface area contributed by atoms with Crippen LogP contribution in [0.15, 0.2) is 36.7 Å². The second-order valence-electron chi connectivity index (χ2n) is 9.25. The molecule has 11 nitrogen and oxygen atoms in total. The van der Waals surface area contributed by atoms with Gasteiger partial charge in [0.2, 0.25) is 0 Å². The monoisotopic (exact) mass is 523 g/mol. The highest BCUT2D eigenvalue weighted by molar-refractivity contribution is 8.00. The van der Waals surface area contributed by atoms with Crippen LogP contribution in [0.4, 0.5) is 16.4 Å². The predicted molar refractivity (Wildman–Crippen MR) is 140 cm³/mol. The summed E-state index contributed by atoms with van der Waals surface area (Å²) in [7, 11) is 1.60. The van der Waals surface area contributed by atoms with Crippen molar-refractivity contribution in [3.05, 3.63) is 42.4 Å². The molecule has 194 valence electrons. The molecule has 1 amide bonds. The van der Waals surface area contributed by atoms with Gasteiger partial charge < -0.3 is 24.4 Å². The normalized spacial score (nSPS) is 15.5. The lowest BCUT2D eigenvalue weighted by Crippen LogP contribution is -2.45. The van der Waals surface area contributed by atoms with Crippen molar-refractivity contribution in [2.75, 3.05) is 37.9 Å². The maximum Gasteiger partial charge on any atom is 0.410 e. The molecule has 1 aliphatic rings. The Balaban J connectivity index is 1.46. The van der Waals surface area contributed by atoms with Gasteiger partial charge in [-0.3, -0.25) is 5.10 Å². The fourth-order valence-electron chi connectivity index (χ4n) is 3.66. The molecular weight excluding hydrogens is 494 g/mol. The third kappa shape index (κ3) is 6.83. The van der Waals surface area contributed by atoms with E-state index in [2.05, 4.69) is 25.5 Å². The summed E-state index contributed by atoms with van der Waals surface area (Å²) in [6.07, 6.45) is 2.55. The fourth-order valence-corrected chi connectivity index (χ4v) is 4.77. The van der Waals surface area contributed by atoms with Gasteiger partial charge in [0.15, 0.2) is 11.5 Å². The molecule has 2 aromatic heterocycles. The molecule has 0 saturated carbocycles. The van der Waals surface area contributed by atoms with E-state index in [4.69, 9.17) is 19.5 Å². The number of amides is 1. The molecule has 0 spiro atoms. The molecule has 1 aliphatic heterocycles. The lowest BCUT2D eigenvalue weighted by molar-refractivity contribution is 0.0251. The van der Waals surface area contributed by atoms with Crippen LogP contribution >= 0.6 is 11.8 Å². The minimum atomic E-state index is -0.534. The minimum Gasteiger partial charge on any atom is -0.496 e. The quantitative estimate of drug-likeness (QED) is 0.463. The van der Waals surface area contributed by atoms with Gasteiger partial charge in [-0.15, -0.1) is 0 Å². The SMILES string of the molecule is COc1cccc(OCC2CN(C(=O)OC(C)(C)C)CCS2)c1-c1cc(Nc2cnc(C#N)cn2)n[nH]1. The Morgan fingerprint density at radius 3 is 2.78 bits per heavy atom. The van der Waals surface area contributed by atoms with E-state index in [1.807, 2.05) is 51.1 Å². The fraction of sp³-hybridized carbons (Fsp3) is 0.400. The van der Waals surface area contributed by atoms with Gasteiger partial charge in [0, 0.05) is 24.9 Å². The van der Waals surface area contributed by atoms with Gasteiger partial charge in [0.25, 0.3) is 0 Å². The van der Waals surface area contributed by atoms with Crippen LogP contribution in [-0.4, -0.2) is 74.6 Å². The Hall–Kier alpha value is -3.98. The summed E-state index contributed by atoms with van der Waals surface area (Å²) in [5.74, 6) is 3.03. The first-order valence-corrected chi connectivity index (χ1v) is 12.7. The van der Waals surface area contributed by atoms with Crippen LogP contribution in [0.25, 0.3) is 11.3 Å². The van der Waals surface area contributed by atoms with E-state index in [1.165, 1.54) is 12.4 Å². The zero-order valence-corrected chi connectivity index (χ0v) is 22.0. The average molecular weight is 524 g/mol. The molecule has 0 aliphatic carbocycles. The highest BCUT2D eigenvalue weighted by atomic mass is 32.2. The summed E-state index contributed by atoms with van der Waals surface area (Å²) in [5.41, 5.74) is 1.10. The van der Waals surface area contributed by atoms with Gasteiger partial charge in [0.1, 0.15) is 35.6 Å². The number of anilines is 2. The first-order valence-electron chi connectivity index (χ1n) is 11.7.